The first-order chi connectivity index (χ1) is 11.0. The molecule has 2 saturated heterocycles. The van der Waals surface area contributed by atoms with Gasteiger partial charge in [0.25, 0.3) is 5.91 Å². The molecule has 126 valence electrons. The maximum atomic E-state index is 12.8. The molecule has 7 heteroatoms. The van der Waals surface area contributed by atoms with Gasteiger partial charge in [-0.25, -0.2) is 8.42 Å². The third-order valence-electron chi connectivity index (χ3n) is 4.68. The van der Waals surface area contributed by atoms with Crippen LogP contribution in [0, 0.1) is 0 Å². The van der Waals surface area contributed by atoms with E-state index in [9.17, 15) is 13.2 Å². The number of carbonyl (C=O) groups excluding carboxylic acids is 1. The summed E-state index contributed by atoms with van der Waals surface area (Å²) in [5, 5.41) is 0. The van der Waals surface area contributed by atoms with Gasteiger partial charge in [0.05, 0.1) is 11.5 Å². The van der Waals surface area contributed by atoms with Crippen LogP contribution in [0.2, 0.25) is 0 Å². The molecule has 3 rings (SSSR count). The Hall–Kier alpha value is -1.63. The van der Waals surface area contributed by atoms with Crippen LogP contribution in [0.1, 0.15) is 36.7 Å². The molecule has 6 nitrogen and oxygen atoms in total. The minimum absolute atomic E-state index is 0.0679. The molecule has 0 bridgehead atoms. The summed E-state index contributed by atoms with van der Waals surface area (Å²) < 4.78 is 23.4. The second-order valence-corrected chi connectivity index (χ2v) is 8.47. The van der Waals surface area contributed by atoms with Gasteiger partial charge in [0.1, 0.15) is 5.69 Å². The van der Waals surface area contributed by atoms with Gasteiger partial charge in [-0.15, -0.1) is 0 Å². The van der Waals surface area contributed by atoms with Crippen molar-refractivity contribution in [2.45, 2.75) is 32.2 Å². The number of aromatic nitrogens is 1. The van der Waals surface area contributed by atoms with E-state index in [1.165, 1.54) is 12.8 Å². The molecule has 0 aromatic carbocycles. The summed E-state index contributed by atoms with van der Waals surface area (Å²) in [6.45, 7) is 4.40. The highest BCUT2D eigenvalue weighted by Crippen LogP contribution is 2.23. The minimum Gasteiger partial charge on any atom is -0.371 e. The fourth-order valence-electron chi connectivity index (χ4n) is 3.44. The van der Waals surface area contributed by atoms with Crippen molar-refractivity contribution >= 4 is 21.4 Å². The number of anilines is 1. The van der Waals surface area contributed by atoms with Crippen LogP contribution in [0.25, 0.3) is 0 Å². The van der Waals surface area contributed by atoms with Gasteiger partial charge in [-0.05, 0) is 38.3 Å². The van der Waals surface area contributed by atoms with Gasteiger partial charge >= 0.3 is 0 Å². The number of hydrogen-bond acceptors (Lipinski definition) is 5. The molecule has 23 heavy (non-hydrogen) atoms. The second-order valence-electron chi connectivity index (χ2n) is 6.24. The van der Waals surface area contributed by atoms with Crippen molar-refractivity contribution in [3.8, 4) is 0 Å². The molecule has 0 saturated carbocycles. The molecule has 2 fully saturated rings. The van der Waals surface area contributed by atoms with Crippen LogP contribution < -0.4 is 4.90 Å². The maximum absolute atomic E-state index is 12.8. The Balaban J connectivity index is 1.79. The van der Waals surface area contributed by atoms with Gasteiger partial charge in [-0.3, -0.25) is 9.78 Å². The van der Waals surface area contributed by atoms with Crippen LogP contribution in [0.5, 0.6) is 0 Å². The van der Waals surface area contributed by atoms with Crippen LogP contribution in [0.15, 0.2) is 18.3 Å². The molecule has 0 N–H and O–H groups in total. The topological polar surface area (TPSA) is 70.6 Å². The van der Waals surface area contributed by atoms with Crippen molar-refractivity contribution in [3.63, 3.8) is 0 Å². The molecular formula is C16H23N3O3S. The number of hydrogen-bond donors (Lipinski definition) is 0. The fraction of sp³-hybridized carbons (Fsp3) is 0.625. The summed E-state index contributed by atoms with van der Waals surface area (Å²) in [4.78, 5) is 20.9. The summed E-state index contributed by atoms with van der Waals surface area (Å²) in [7, 11) is -3.01. The predicted octanol–water partition coefficient (Wildman–Crippen LogP) is 1.33. The van der Waals surface area contributed by atoms with E-state index in [0.29, 0.717) is 18.7 Å². The Morgan fingerprint density at radius 3 is 2.74 bits per heavy atom. The van der Waals surface area contributed by atoms with E-state index in [2.05, 4.69) is 9.88 Å². The van der Waals surface area contributed by atoms with E-state index in [1.807, 2.05) is 19.1 Å². The van der Waals surface area contributed by atoms with Crippen molar-refractivity contribution in [1.82, 2.24) is 9.88 Å². The predicted molar refractivity (Wildman–Crippen MR) is 89.5 cm³/mol. The molecule has 1 aromatic rings. The van der Waals surface area contributed by atoms with Crippen molar-refractivity contribution in [2.75, 3.05) is 36.0 Å². The van der Waals surface area contributed by atoms with Gasteiger partial charge in [-0.2, -0.15) is 0 Å². The summed E-state index contributed by atoms with van der Waals surface area (Å²) in [6.07, 6.45) is 4.53. The SMILES string of the molecule is CCN(C(=O)c1cc(N2CCCC2)ccn1)C1CCS(=O)(=O)C1. The molecule has 2 aliphatic rings. The van der Waals surface area contributed by atoms with Crippen LogP contribution in [-0.2, 0) is 9.84 Å². The van der Waals surface area contributed by atoms with Crippen molar-refractivity contribution in [3.05, 3.63) is 24.0 Å². The zero-order chi connectivity index (χ0) is 16.4. The monoisotopic (exact) mass is 337 g/mol. The lowest BCUT2D eigenvalue weighted by Crippen LogP contribution is -2.41. The quantitative estimate of drug-likeness (QED) is 0.829. The van der Waals surface area contributed by atoms with Gasteiger partial charge in [0.15, 0.2) is 9.84 Å². The Labute approximate surface area is 137 Å². The molecule has 1 amide bonds. The van der Waals surface area contributed by atoms with Gasteiger partial charge in [0, 0.05) is 37.6 Å². The molecular weight excluding hydrogens is 314 g/mol. The lowest BCUT2D eigenvalue weighted by molar-refractivity contribution is 0.0702. The standard InChI is InChI=1S/C16H23N3O3S/c1-2-19(14-6-10-23(21,22)12-14)16(20)15-11-13(5-7-17-15)18-8-3-4-9-18/h5,7,11,14H,2-4,6,8-10,12H2,1H3. The van der Waals surface area contributed by atoms with E-state index in [1.54, 1.807) is 11.1 Å². The third kappa shape index (κ3) is 3.49. The minimum atomic E-state index is -3.01. The lowest BCUT2D eigenvalue weighted by Gasteiger charge is -2.27. The highest BCUT2D eigenvalue weighted by atomic mass is 32.2. The first-order valence-corrected chi connectivity index (χ1v) is 10.0. The number of sulfone groups is 1. The Morgan fingerprint density at radius 1 is 1.39 bits per heavy atom. The molecule has 0 radical (unpaired) electrons. The highest BCUT2D eigenvalue weighted by Gasteiger charge is 2.34. The normalized spacial score (nSPS) is 23.2. The number of rotatable bonds is 4. The van der Waals surface area contributed by atoms with Crippen LogP contribution in [0.4, 0.5) is 5.69 Å². The van der Waals surface area contributed by atoms with E-state index in [-0.39, 0.29) is 23.5 Å². The van der Waals surface area contributed by atoms with Crippen molar-refractivity contribution in [1.29, 1.82) is 0 Å². The Bertz CT molecular complexity index is 684. The average Bonchev–Trinajstić information content (AvgIpc) is 3.18. The first-order valence-electron chi connectivity index (χ1n) is 8.22. The molecule has 1 atom stereocenters. The van der Waals surface area contributed by atoms with E-state index in [4.69, 9.17) is 0 Å². The van der Waals surface area contributed by atoms with Crippen LogP contribution in [0.3, 0.4) is 0 Å². The molecule has 2 aliphatic heterocycles. The largest absolute Gasteiger partial charge is 0.371 e. The lowest BCUT2D eigenvalue weighted by atomic mass is 10.2. The van der Waals surface area contributed by atoms with E-state index in [0.717, 1.165) is 18.8 Å². The number of amides is 1. The van der Waals surface area contributed by atoms with Gasteiger partial charge in [-0.1, -0.05) is 0 Å². The second kappa shape index (κ2) is 6.47. The average molecular weight is 337 g/mol. The fourth-order valence-corrected chi connectivity index (χ4v) is 5.18. The first kappa shape index (κ1) is 16.2. The summed E-state index contributed by atoms with van der Waals surface area (Å²) in [5.74, 6) is 0.0665. The summed E-state index contributed by atoms with van der Waals surface area (Å²) >= 11 is 0. The Morgan fingerprint density at radius 2 is 2.13 bits per heavy atom. The molecule has 3 heterocycles. The van der Waals surface area contributed by atoms with Crippen LogP contribution >= 0.6 is 0 Å². The third-order valence-corrected chi connectivity index (χ3v) is 6.43. The number of carbonyl (C=O) groups is 1. The van der Waals surface area contributed by atoms with Crippen LogP contribution in [-0.4, -0.2) is 61.4 Å². The van der Waals surface area contributed by atoms with E-state index >= 15 is 0 Å². The number of pyridine rings is 1. The molecule has 0 spiro atoms. The maximum Gasteiger partial charge on any atom is 0.272 e. The highest BCUT2D eigenvalue weighted by molar-refractivity contribution is 7.91. The number of nitrogens with zero attached hydrogens (tertiary/aromatic N) is 3. The zero-order valence-corrected chi connectivity index (χ0v) is 14.3. The molecule has 1 unspecified atom stereocenters. The molecule has 1 aromatic heterocycles. The molecule has 0 aliphatic carbocycles. The van der Waals surface area contributed by atoms with Gasteiger partial charge < -0.3 is 9.80 Å². The summed E-state index contributed by atoms with van der Waals surface area (Å²) in [5.41, 5.74) is 1.43. The van der Waals surface area contributed by atoms with E-state index < -0.39 is 9.84 Å². The van der Waals surface area contributed by atoms with Crippen molar-refractivity contribution in [2.24, 2.45) is 0 Å². The van der Waals surface area contributed by atoms with Gasteiger partial charge in [0.2, 0.25) is 0 Å². The zero-order valence-electron chi connectivity index (χ0n) is 13.4. The smallest absolute Gasteiger partial charge is 0.272 e. The Kier molecular flexibility index (Phi) is 4.57. The summed E-state index contributed by atoms with van der Waals surface area (Å²) in [6, 6.07) is 3.53. The van der Waals surface area contributed by atoms with Crippen molar-refractivity contribution < 1.29 is 13.2 Å².